The summed E-state index contributed by atoms with van der Waals surface area (Å²) in [4.78, 5) is 15.8. The van der Waals surface area contributed by atoms with Gasteiger partial charge in [0.25, 0.3) is 0 Å². The molecule has 0 spiro atoms. The number of aryl methyl sites for hydroxylation is 2. The lowest BCUT2D eigenvalue weighted by Gasteiger charge is -2.38. The predicted octanol–water partition coefficient (Wildman–Crippen LogP) is 2.30. The second-order valence-electron chi connectivity index (χ2n) is 5.92. The maximum atomic E-state index is 11.4. The number of hydrogen-bond acceptors (Lipinski definition) is 5. The molecule has 1 aromatic rings. The zero-order chi connectivity index (χ0) is 15.6. The summed E-state index contributed by atoms with van der Waals surface area (Å²) in [7, 11) is 0. The fourth-order valence-corrected chi connectivity index (χ4v) is 1.69. The highest BCUT2D eigenvalue weighted by Crippen LogP contribution is 2.33. The SMILES string of the molecule is CCc1nnc(NC(C)(C)C(C)(C)C(=O)O)nc1CC. The molecule has 0 bridgehead atoms. The molecule has 20 heavy (non-hydrogen) atoms. The number of carbonyl (C=O) groups is 1. The van der Waals surface area contributed by atoms with Gasteiger partial charge in [0.05, 0.1) is 22.3 Å². The van der Waals surface area contributed by atoms with Crippen LogP contribution in [0.15, 0.2) is 0 Å². The van der Waals surface area contributed by atoms with Gasteiger partial charge < -0.3 is 10.4 Å². The Balaban J connectivity index is 3.07. The topological polar surface area (TPSA) is 88.0 Å². The summed E-state index contributed by atoms with van der Waals surface area (Å²) in [5.74, 6) is -0.498. The minimum absolute atomic E-state index is 0.373. The number of anilines is 1. The van der Waals surface area contributed by atoms with E-state index in [1.54, 1.807) is 13.8 Å². The van der Waals surface area contributed by atoms with Crippen LogP contribution in [0, 0.1) is 5.41 Å². The Bertz CT molecular complexity index is 498. The predicted molar refractivity (Wildman–Crippen MR) is 77.7 cm³/mol. The third-order valence-electron chi connectivity index (χ3n) is 4.03. The van der Waals surface area contributed by atoms with Crippen molar-refractivity contribution in [3.05, 3.63) is 11.4 Å². The van der Waals surface area contributed by atoms with E-state index in [0.717, 1.165) is 24.2 Å². The van der Waals surface area contributed by atoms with Gasteiger partial charge in [0.1, 0.15) is 0 Å². The van der Waals surface area contributed by atoms with Crippen molar-refractivity contribution in [2.24, 2.45) is 5.41 Å². The summed E-state index contributed by atoms with van der Waals surface area (Å²) in [6, 6.07) is 0. The molecule has 1 heterocycles. The van der Waals surface area contributed by atoms with Crippen LogP contribution in [0.25, 0.3) is 0 Å². The first-order valence-electron chi connectivity index (χ1n) is 6.89. The lowest BCUT2D eigenvalue weighted by Crippen LogP contribution is -2.51. The van der Waals surface area contributed by atoms with Gasteiger partial charge in [-0.25, -0.2) is 4.98 Å². The summed E-state index contributed by atoms with van der Waals surface area (Å²) in [5, 5.41) is 20.6. The molecule has 0 aliphatic heterocycles. The van der Waals surface area contributed by atoms with Crippen molar-refractivity contribution in [2.75, 3.05) is 5.32 Å². The number of hydrogen-bond donors (Lipinski definition) is 2. The van der Waals surface area contributed by atoms with Gasteiger partial charge in [0.2, 0.25) is 5.95 Å². The van der Waals surface area contributed by atoms with Crippen LogP contribution in [0.1, 0.15) is 52.9 Å². The Morgan fingerprint density at radius 2 is 1.65 bits per heavy atom. The first-order chi connectivity index (χ1) is 9.15. The van der Waals surface area contributed by atoms with Gasteiger partial charge in [-0.15, -0.1) is 5.10 Å². The largest absolute Gasteiger partial charge is 0.481 e. The quantitative estimate of drug-likeness (QED) is 0.831. The van der Waals surface area contributed by atoms with Crippen molar-refractivity contribution < 1.29 is 9.90 Å². The molecule has 112 valence electrons. The summed E-state index contributed by atoms with van der Waals surface area (Å²) in [5.41, 5.74) is 0.105. The minimum Gasteiger partial charge on any atom is -0.481 e. The average molecular weight is 280 g/mol. The average Bonchev–Trinajstić information content (AvgIpc) is 2.37. The summed E-state index contributed by atoms with van der Waals surface area (Å²) in [6.07, 6.45) is 1.56. The molecule has 1 rings (SSSR count). The van der Waals surface area contributed by atoms with Crippen LogP contribution in [-0.2, 0) is 17.6 Å². The first kappa shape index (κ1) is 16.3. The Morgan fingerprint density at radius 1 is 1.10 bits per heavy atom. The van der Waals surface area contributed by atoms with Crippen LogP contribution < -0.4 is 5.32 Å². The van der Waals surface area contributed by atoms with Crippen molar-refractivity contribution in [3.8, 4) is 0 Å². The van der Waals surface area contributed by atoms with Crippen LogP contribution in [0.2, 0.25) is 0 Å². The highest BCUT2D eigenvalue weighted by molar-refractivity contribution is 5.76. The number of carboxylic acid groups (broad SMARTS) is 1. The molecule has 0 radical (unpaired) electrons. The van der Waals surface area contributed by atoms with Crippen molar-refractivity contribution in [1.82, 2.24) is 15.2 Å². The summed E-state index contributed by atoms with van der Waals surface area (Å²) < 4.78 is 0. The monoisotopic (exact) mass is 280 g/mol. The smallest absolute Gasteiger partial charge is 0.311 e. The van der Waals surface area contributed by atoms with Gasteiger partial charge in [-0.1, -0.05) is 13.8 Å². The van der Waals surface area contributed by atoms with Gasteiger partial charge in [-0.05, 0) is 40.5 Å². The number of nitrogens with one attached hydrogen (secondary N) is 1. The van der Waals surface area contributed by atoms with E-state index in [1.165, 1.54) is 0 Å². The van der Waals surface area contributed by atoms with Crippen molar-refractivity contribution in [2.45, 2.75) is 59.9 Å². The number of carboxylic acids is 1. The molecule has 0 aliphatic carbocycles. The van der Waals surface area contributed by atoms with Gasteiger partial charge in [0, 0.05) is 0 Å². The lowest BCUT2D eigenvalue weighted by molar-refractivity contribution is -0.149. The Labute approximate surface area is 120 Å². The molecule has 2 N–H and O–H groups in total. The number of aliphatic carboxylic acids is 1. The highest BCUT2D eigenvalue weighted by atomic mass is 16.4. The first-order valence-corrected chi connectivity index (χ1v) is 6.89. The molecule has 0 saturated carbocycles. The fraction of sp³-hybridized carbons (Fsp3) is 0.714. The van der Waals surface area contributed by atoms with Gasteiger partial charge in [-0.2, -0.15) is 5.10 Å². The van der Waals surface area contributed by atoms with E-state index in [9.17, 15) is 9.90 Å². The second kappa shape index (κ2) is 5.73. The van der Waals surface area contributed by atoms with Gasteiger partial charge in [0.15, 0.2) is 0 Å². The van der Waals surface area contributed by atoms with Crippen LogP contribution in [0.3, 0.4) is 0 Å². The van der Waals surface area contributed by atoms with E-state index in [1.807, 2.05) is 27.7 Å². The van der Waals surface area contributed by atoms with E-state index in [-0.39, 0.29) is 0 Å². The molecule has 0 aromatic carbocycles. The summed E-state index contributed by atoms with van der Waals surface area (Å²) >= 11 is 0. The zero-order valence-corrected chi connectivity index (χ0v) is 13.1. The van der Waals surface area contributed by atoms with Gasteiger partial charge >= 0.3 is 5.97 Å². The summed E-state index contributed by atoms with van der Waals surface area (Å²) in [6.45, 7) is 11.0. The molecular formula is C14H24N4O2. The van der Waals surface area contributed by atoms with E-state index >= 15 is 0 Å². The number of aromatic nitrogens is 3. The molecule has 0 saturated heterocycles. The van der Waals surface area contributed by atoms with Crippen molar-refractivity contribution in [3.63, 3.8) is 0 Å². The third kappa shape index (κ3) is 3.05. The normalized spacial score (nSPS) is 12.3. The van der Waals surface area contributed by atoms with Crippen LogP contribution in [0.5, 0.6) is 0 Å². The molecule has 0 aliphatic rings. The number of rotatable bonds is 6. The zero-order valence-electron chi connectivity index (χ0n) is 13.1. The maximum absolute atomic E-state index is 11.4. The van der Waals surface area contributed by atoms with Crippen molar-refractivity contribution >= 4 is 11.9 Å². The molecule has 6 nitrogen and oxygen atoms in total. The molecule has 0 atom stereocenters. The Kier molecular flexibility index (Phi) is 4.68. The maximum Gasteiger partial charge on any atom is 0.311 e. The molecule has 6 heteroatoms. The van der Waals surface area contributed by atoms with E-state index in [4.69, 9.17) is 0 Å². The highest BCUT2D eigenvalue weighted by Gasteiger charge is 2.44. The second-order valence-corrected chi connectivity index (χ2v) is 5.92. The molecular weight excluding hydrogens is 256 g/mol. The van der Waals surface area contributed by atoms with Gasteiger partial charge in [-0.3, -0.25) is 4.79 Å². The lowest BCUT2D eigenvalue weighted by atomic mass is 9.74. The van der Waals surface area contributed by atoms with Crippen LogP contribution in [-0.4, -0.2) is 31.8 Å². The van der Waals surface area contributed by atoms with E-state index in [0.29, 0.717) is 5.95 Å². The minimum atomic E-state index is -0.966. The fourth-order valence-electron chi connectivity index (χ4n) is 1.69. The Hall–Kier alpha value is -1.72. The van der Waals surface area contributed by atoms with E-state index < -0.39 is 16.9 Å². The molecule has 0 unspecified atom stereocenters. The molecule has 1 aromatic heterocycles. The van der Waals surface area contributed by atoms with Crippen molar-refractivity contribution in [1.29, 1.82) is 0 Å². The van der Waals surface area contributed by atoms with E-state index in [2.05, 4.69) is 20.5 Å². The third-order valence-corrected chi connectivity index (χ3v) is 4.03. The van der Waals surface area contributed by atoms with Crippen LogP contribution in [0.4, 0.5) is 5.95 Å². The Morgan fingerprint density at radius 3 is 2.10 bits per heavy atom. The molecule has 0 fully saturated rings. The standard InChI is InChI=1S/C14H24N4O2/c1-7-9-10(8-2)17-18-12(15-9)16-14(5,6)13(3,4)11(19)20/h7-8H2,1-6H3,(H,19,20)(H,15,16,18). The van der Waals surface area contributed by atoms with Crippen LogP contribution >= 0.6 is 0 Å². The number of nitrogens with zero attached hydrogens (tertiary/aromatic N) is 3. The molecule has 0 amide bonds.